The molecule has 0 aliphatic heterocycles. The molecule has 0 bridgehead atoms. The molecule has 4 aromatic rings. The molecule has 2 aromatic heterocycles. The van der Waals surface area contributed by atoms with E-state index in [2.05, 4.69) is 5.32 Å². The summed E-state index contributed by atoms with van der Waals surface area (Å²) >= 11 is 1.41. The first-order valence-corrected chi connectivity index (χ1v) is 12.2. The normalized spacial score (nSPS) is 12.8. The van der Waals surface area contributed by atoms with Gasteiger partial charge in [0.2, 0.25) is 5.43 Å². The number of rotatable bonds is 6. The number of amides is 2. The molecule has 8 heteroatoms. The van der Waals surface area contributed by atoms with Crippen LogP contribution in [-0.4, -0.2) is 18.4 Å². The van der Waals surface area contributed by atoms with Gasteiger partial charge in [-0.15, -0.1) is 11.3 Å². The number of carbonyl (C=O) groups excluding carboxylic acids is 2. The number of nitrogens with one attached hydrogen (secondary N) is 1. The highest BCUT2D eigenvalue weighted by molar-refractivity contribution is 7.17. The van der Waals surface area contributed by atoms with Gasteiger partial charge in [0.1, 0.15) is 22.1 Å². The van der Waals surface area contributed by atoms with E-state index >= 15 is 0 Å². The van der Waals surface area contributed by atoms with Gasteiger partial charge in [0, 0.05) is 10.9 Å². The number of hydrogen-bond donors (Lipinski definition) is 2. The number of hydrogen-bond acceptors (Lipinski definition) is 6. The van der Waals surface area contributed by atoms with Crippen molar-refractivity contribution in [3.8, 4) is 16.9 Å². The average molecular weight is 489 g/mol. The van der Waals surface area contributed by atoms with Crippen LogP contribution < -0.4 is 21.2 Å². The molecule has 7 nitrogen and oxygen atoms in total. The molecule has 35 heavy (non-hydrogen) atoms. The number of aryl methyl sites for hydroxylation is 2. The molecule has 0 fully saturated rings. The van der Waals surface area contributed by atoms with E-state index in [-0.39, 0.29) is 12.0 Å². The van der Waals surface area contributed by atoms with Gasteiger partial charge in [-0.05, 0) is 55.9 Å². The molecule has 0 saturated heterocycles. The van der Waals surface area contributed by atoms with Crippen LogP contribution in [0, 0.1) is 6.92 Å². The minimum absolute atomic E-state index is 0.125. The van der Waals surface area contributed by atoms with E-state index in [9.17, 15) is 14.4 Å². The van der Waals surface area contributed by atoms with Gasteiger partial charge in [0.05, 0.1) is 16.5 Å². The lowest BCUT2D eigenvalue weighted by Crippen LogP contribution is -2.22. The summed E-state index contributed by atoms with van der Waals surface area (Å²) in [4.78, 5) is 38.8. The van der Waals surface area contributed by atoms with E-state index in [1.165, 1.54) is 11.3 Å². The second kappa shape index (κ2) is 9.38. The molecule has 3 N–H and O–H groups in total. The van der Waals surface area contributed by atoms with Crippen LogP contribution in [-0.2, 0) is 17.6 Å². The lowest BCUT2D eigenvalue weighted by Gasteiger charge is -2.11. The van der Waals surface area contributed by atoms with Crippen LogP contribution in [0.15, 0.2) is 57.7 Å². The van der Waals surface area contributed by atoms with Gasteiger partial charge in [-0.25, -0.2) is 0 Å². The smallest absolute Gasteiger partial charge is 0.262 e. The monoisotopic (exact) mass is 488 g/mol. The molecule has 1 aliphatic rings. The van der Waals surface area contributed by atoms with Crippen LogP contribution in [0.4, 0.5) is 5.00 Å². The van der Waals surface area contributed by atoms with Crippen molar-refractivity contribution in [2.75, 3.05) is 11.9 Å². The van der Waals surface area contributed by atoms with Crippen LogP contribution in [0.25, 0.3) is 22.1 Å². The predicted molar refractivity (Wildman–Crippen MR) is 136 cm³/mol. The fourth-order valence-corrected chi connectivity index (χ4v) is 5.85. The number of carbonyl (C=O) groups is 2. The number of benzene rings is 2. The fraction of sp³-hybridized carbons (Fsp3) is 0.222. The summed E-state index contributed by atoms with van der Waals surface area (Å²) in [6, 6.07) is 14.3. The Morgan fingerprint density at radius 2 is 1.89 bits per heavy atom. The van der Waals surface area contributed by atoms with Gasteiger partial charge in [-0.3, -0.25) is 14.4 Å². The largest absolute Gasteiger partial charge is 0.484 e. The van der Waals surface area contributed by atoms with Crippen LogP contribution in [0.2, 0.25) is 0 Å². The summed E-state index contributed by atoms with van der Waals surface area (Å²) in [6.07, 6.45) is 3.75. The minimum Gasteiger partial charge on any atom is -0.484 e. The quantitative estimate of drug-likeness (QED) is 0.404. The zero-order valence-corrected chi connectivity index (χ0v) is 20.0. The van der Waals surface area contributed by atoms with Crippen molar-refractivity contribution in [2.24, 2.45) is 5.73 Å². The zero-order chi connectivity index (χ0) is 24.5. The Bertz CT molecular complexity index is 1500. The van der Waals surface area contributed by atoms with Crippen LogP contribution in [0.1, 0.15) is 39.4 Å². The first-order chi connectivity index (χ1) is 16.9. The number of fused-ring (bicyclic) bond motifs is 2. The first-order valence-electron chi connectivity index (χ1n) is 11.4. The maximum absolute atomic E-state index is 13.1. The molecule has 178 valence electrons. The molecule has 0 unspecified atom stereocenters. The Labute approximate surface area is 205 Å². The molecule has 0 spiro atoms. The predicted octanol–water partition coefficient (Wildman–Crippen LogP) is 4.83. The van der Waals surface area contributed by atoms with Gasteiger partial charge < -0.3 is 20.2 Å². The Hall–Kier alpha value is -3.91. The summed E-state index contributed by atoms with van der Waals surface area (Å²) in [5.41, 5.74) is 8.54. The Kier molecular flexibility index (Phi) is 6.13. The Balaban J connectivity index is 1.34. The van der Waals surface area contributed by atoms with E-state index in [4.69, 9.17) is 14.9 Å². The highest BCUT2D eigenvalue weighted by Crippen LogP contribution is 2.38. The fourth-order valence-electron chi connectivity index (χ4n) is 4.54. The third kappa shape index (κ3) is 4.44. The third-order valence-corrected chi connectivity index (χ3v) is 7.35. The standard InChI is InChI=1S/C27H24N2O5S/c1-15-23(16-7-3-2-4-8-16)25(31)18-12-11-17(13-20(18)34-15)33-14-22(30)29-27-24(26(28)32)19-9-5-6-10-21(19)35-27/h2-4,7-8,11-13H,5-6,9-10,14H2,1H3,(H2,28,32)(H,29,30). The highest BCUT2D eigenvalue weighted by atomic mass is 32.1. The molecule has 0 atom stereocenters. The zero-order valence-electron chi connectivity index (χ0n) is 19.2. The van der Waals surface area contributed by atoms with E-state index in [1.807, 2.05) is 30.3 Å². The summed E-state index contributed by atoms with van der Waals surface area (Å²) in [6.45, 7) is 1.48. The maximum Gasteiger partial charge on any atom is 0.262 e. The number of primary amides is 1. The Morgan fingerprint density at radius 3 is 2.66 bits per heavy atom. The minimum atomic E-state index is -0.532. The molecule has 2 heterocycles. The van der Waals surface area contributed by atoms with Gasteiger partial charge in [0.25, 0.3) is 11.8 Å². The second-order valence-electron chi connectivity index (χ2n) is 8.50. The van der Waals surface area contributed by atoms with Crippen LogP contribution in [0.5, 0.6) is 5.75 Å². The molecule has 1 aliphatic carbocycles. The molecular formula is C27H24N2O5S. The second-order valence-corrected chi connectivity index (χ2v) is 9.61. The third-order valence-electron chi connectivity index (χ3n) is 6.14. The number of ether oxygens (including phenoxy) is 1. The van der Waals surface area contributed by atoms with Crippen molar-refractivity contribution in [1.29, 1.82) is 0 Å². The summed E-state index contributed by atoms with van der Waals surface area (Å²) < 4.78 is 11.6. The SMILES string of the molecule is Cc1oc2cc(OCC(=O)Nc3sc4c(c3C(N)=O)CCCC4)ccc2c(=O)c1-c1ccccc1. The molecule has 2 aromatic carbocycles. The van der Waals surface area contributed by atoms with Crippen LogP contribution in [0.3, 0.4) is 0 Å². The van der Waals surface area contributed by atoms with Crippen molar-refractivity contribution in [2.45, 2.75) is 32.6 Å². The number of nitrogens with two attached hydrogens (primary N) is 1. The van der Waals surface area contributed by atoms with Gasteiger partial charge in [-0.1, -0.05) is 30.3 Å². The van der Waals surface area contributed by atoms with Crippen molar-refractivity contribution >= 4 is 39.1 Å². The average Bonchev–Trinajstić information content (AvgIpc) is 3.21. The summed E-state index contributed by atoms with van der Waals surface area (Å²) in [7, 11) is 0. The summed E-state index contributed by atoms with van der Waals surface area (Å²) in [5.74, 6) is -0.0360. The maximum atomic E-state index is 13.1. The van der Waals surface area contributed by atoms with Crippen molar-refractivity contribution in [3.63, 3.8) is 0 Å². The van der Waals surface area contributed by atoms with E-state index in [0.29, 0.717) is 38.6 Å². The lowest BCUT2D eigenvalue weighted by atomic mass is 9.95. The Morgan fingerprint density at radius 1 is 1.11 bits per heavy atom. The molecule has 2 amide bonds. The van der Waals surface area contributed by atoms with Gasteiger partial charge in [-0.2, -0.15) is 0 Å². The molecular weight excluding hydrogens is 464 g/mol. The highest BCUT2D eigenvalue weighted by Gasteiger charge is 2.25. The van der Waals surface area contributed by atoms with Crippen molar-refractivity contribution < 1.29 is 18.7 Å². The molecule has 0 radical (unpaired) electrons. The number of thiophene rings is 1. The van der Waals surface area contributed by atoms with Crippen LogP contribution >= 0.6 is 11.3 Å². The van der Waals surface area contributed by atoms with E-state index < -0.39 is 11.8 Å². The van der Waals surface area contributed by atoms with Crippen molar-refractivity contribution in [1.82, 2.24) is 0 Å². The van der Waals surface area contributed by atoms with E-state index in [0.717, 1.165) is 41.7 Å². The first kappa shape index (κ1) is 22.9. The lowest BCUT2D eigenvalue weighted by molar-refractivity contribution is -0.118. The topological polar surface area (TPSA) is 112 Å². The van der Waals surface area contributed by atoms with Crippen molar-refractivity contribution in [3.05, 3.63) is 80.5 Å². The van der Waals surface area contributed by atoms with Gasteiger partial charge in [0.15, 0.2) is 6.61 Å². The van der Waals surface area contributed by atoms with E-state index in [1.54, 1.807) is 25.1 Å². The van der Waals surface area contributed by atoms with Gasteiger partial charge >= 0.3 is 0 Å². The molecule has 5 rings (SSSR count). The molecule has 0 saturated carbocycles. The summed E-state index contributed by atoms with van der Waals surface area (Å²) in [5, 5.41) is 3.69. The number of anilines is 1.